The number of anilines is 1. The van der Waals surface area contributed by atoms with Crippen molar-refractivity contribution in [2.75, 3.05) is 31.5 Å². The quantitative estimate of drug-likeness (QED) is 0.636. The molecule has 6 nitrogen and oxygen atoms in total. The SMILES string of the molecule is O=C(Nc1ccccc1)c1ccc(CN2CCN(S(=O)(=O)c3cccs3)CC2)cc1. The standard InChI is InChI=1S/C22H23N3O3S2/c26-22(23-20-5-2-1-3-6-20)19-10-8-18(9-11-19)17-24-12-14-25(15-13-24)30(27,28)21-7-4-16-29-21/h1-11,16H,12-15,17H2,(H,23,26). The van der Waals surface area contributed by atoms with E-state index in [1.807, 2.05) is 54.6 Å². The molecule has 4 rings (SSSR count). The fourth-order valence-electron chi connectivity index (χ4n) is 3.41. The van der Waals surface area contributed by atoms with Crippen LogP contribution in [-0.4, -0.2) is 49.7 Å². The van der Waals surface area contributed by atoms with Gasteiger partial charge in [0.15, 0.2) is 0 Å². The van der Waals surface area contributed by atoms with Crippen LogP contribution in [0.2, 0.25) is 0 Å². The number of sulfonamides is 1. The Balaban J connectivity index is 1.31. The summed E-state index contributed by atoms with van der Waals surface area (Å²) in [6, 6.07) is 20.3. The van der Waals surface area contributed by atoms with Crippen molar-refractivity contribution in [3.05, 3.63) is 83.2 Å². The van der Waals surface area contributed by atoms with E-state index in [4.69, 9.17) is 0 Å². The second-order valence-corrected chi connectivity index (χ2v) is 10.2. The van der Waals surface area contributed by atoms with Crippen molar-refractivity contribution >= 4 is 33.0 Å². The van der Waals surface area contributed by atoms with Crippen LogP contribution in [0.15, 0.2) is 76.3 Å². The molecule has 1 amide bonds. The van der Waals surface area contributed by atoms with Crippen LogP contribution in [0.25, 0.3) is 0 Å². The predicted molar refractivity (Wildman–Crippen MR) is 119 cm³/mol. The molecule has 8 heteroatoms. The van der Waals surface area contributed by atoms with Crippen LogP contribution >= 0.6 is 11.3 Å². The molecular formula is C22H23N3O3S2. The van der Waals surface area contributed by atoms with Gasteiger partial charge in [0.05, 0.1) is 0 Å². The van der Waals surface area contributed by atoms with Gasteiger partial charge in [-0.15, -0.1) is 11.3 Å². The summed E-state index contributed by atoms with van der Waals surface area (Å²) >= 11 is 1.26. The molecule has 2 heterocycles. The first kappa shape index (κ1) is 20.7. The molecule has 3 aromatic rings. The average molecular weight is 442 g/mol. The van der Waals surface area contributed by atoms with E-state index < -0.39 is 10.0 Å². The molecule has 1 saturated heterocycles. The van der Waals surface area contributed by atoms with Gasteiger partial charge >= 0.3 is 0 Å². The number of amides is 1. The zero-order valence-electron chi connectivity index (χ0n) is 16.4. The number of nitrogens with zero attached hydrogens (tertiary/aromatic N) is 2. The summed E-state index contributed by atoms with van der Waals surface area (Å²) in [5.41, 5.74) is 2.47. The molecular weight excluding hydrogens is 418 g/mol. The lowest BCUT2D eigenvalue weighted by atomic mass is 10.1. The van der Waals surface area contributed by atoms with Crippen molar-refractivity contribution in [1.82, 2.24) is 9.21 Å². The second-order valence-electron chi connectivity index (χ2n) is 7.13. The van der Waals surface area contributed by atoms with E-state index >= 15 is 0 Å². The van der Waals surface area contributed by atoms with Gasteiger partial charge in [-0.3, -0.25) is 9.69 Å². The molecule has 0 saturated carbocycles. The smallest absolute Gasteiger partial charge is 0.255 e. The first-order valence-electron chi connectivity index (χ1n) is 9.74. The van der Waals surface area contributed by atoms with E-state index in [-0.39, 0.29) is 5.91 Å². The number of nitrogens with one attached hydrogen (secondary N) is 1. The largest absolute Gasteiger partial charge is 0.322 e. The van der Waals surface area contributed by atoms with Crippen molar-refractivity contribution in [1.29, 1.82) is 0 Å². The summed E-state index contributed by atoms with van der Waals surface area (Å²) in [5.74, 6) is -0.139. The van der Waals surface area contributed by atoms with Gasteiger partial charge in [-0.2, -0.15) is 4.31 Å². The number of carbonyl (C=O) groups excluding carboxylic acids is 1. The first-order chi connectivity index (χ1) is 14.5. The highest BCUT2D eigenvalue weighted by molar-refractivity contribution is 7.91. The van der Waals surface area contributed by atoms with Crippen LogP contribution in [0.4, 0.5) is 5.69 Å². The zero-order valence-corrected chi connectivity index (χ0v) is 18.0. The van der Waals surface area contributed by atoms with Crippen molar-refractivity contribution in [2.24, 2.45) is 0 Å². The van der Waals surface area contributed by atoms with Gasteiger partial charge in [0.2, 0.25) is 0 Å². The summed E-state index contributed by atoms with van der Waals surface area (Å²) in [6.45, 7) is 3.06. The van der Waals surface area contributed by atoms with Gasteiger partial charge in [0.25, 0.3) is 15.9 Å². The summed E-state index contributed by atoms with van der Waals surface area (Å²) in [6.07, 6.45) is 0. The minimum Gasteiger partial charge on any atom is -0.322 e. The molecule has 1 N–H and O–H groups in total. The fraction of sp³-hybridized carbons (Fsp3) is 0.227. The number of thiophene rings is 1. The summed E-state index contributed by atoms with van der Waals surface area (Å²) in [7, 11) is -3.38. The predicted octanol–water partition coefficient (Wildman–Crippen LogP) is 3.51. The Morgan fingerprint density at radius 3 is 2.23 bits per heavy atom. The third-order valence-electron chi connectivity index (χ3n) is 5.07. The van der Waals surface area contributed by atoms with Crippen LogP contribution in [0.5, 0.6) is 0 Å². The molecule has 0 spiro atoms. The number of benzene rings is 2. The molecule has 0 atom stereocenters. The Labute approximate surface area is 180 Å². The normalized spacial score (nSPS) is 15.7. The second kappa shape index (κ2) is 9.09. The molecule has 156 valence electrons. The van der Waals surface area contributed by atoms with Crippen molar-refractivity contribution < 1.29 is 13.2 Å². The molecule has 0 unspecified atom stereocenters. The van der Waals surface area contributed by atoms with Crippen LogP contribution in [-0.2, 0) is 16.6 Å². The lowest BCUT2D eigenvalue weighted by Gasteiger charge is -2.33. The lowest BCUT2D eigenvalue weighted by Crippen LogP contribution is -2.48. The first-order valence-corrected chi connectivity index (χ1v) is 12.1. The topological polar surface area (TPSA) is 69.7 Å². The van der Waals surface area contributed by atoms with Gasteiger partial charge in [0.1, 0.15) is 4.21 Å². The maximum atomic E-state index is 12.6. The molecule has 1 fully saturated rings. The van der Waals surface area contributed by atoms with Gasteiger partial charge in [-0.1, -0.05) is 36.4 Å². The Morgan fingerprint density at radius 2 is 1.60 bits per heavy atom. The molecule has 0 bridgehead atoms. The van der Waals surface area contributed by atoms with Gasteiger partial charge in [0, 0.05) is 44.0 Å². The maximum absolute atomic E-state index is 12.6. The van der Waals surface area contributed by atoms with E-state index in [9.17, 15) is 13.2 Å². The van der Waals surface area contributed by atoms with E-state index in [1.54, 1.807) is 21.8 Å². The Bertz CT molecular complexity index is 1070. The molecule has 0 radical (unpaired) electrons. The van der Waals surface area contributed by atoms with Crippen LogP contribution in [0.3, 0.4) is 0 Å². The van der Waals surface area contributed by atoms with E-state index in [0.717, 1.165) is 17.8 Å². The highest BCUT2D eigenvalue weighted by atomic mass is 32.2. The minimum absolute atomic E-state index is 0.139. The minimum atomic E-state index is -3.38. The zero-order chi connectivity index (χ0) is 21.0. The third-order valence-corrected chi connectivity index (χ3v) is 8.35. The van der Waals surface area contributed by atoms with Gasteiger partial charge in [-0.25, -0.2) is 8.42 Å². The molecule has 2 aromatic carbocycles. The Morgan fingerprint density at radius 1 is 0.900 bits per heavy atom. The molecule has 1 aliphatic heterocycles. The van der Waals surface area contributed by atoms with Crippen LogP contribution < -0.4 is 5.32 Å². The van der Waals surface area contributed by atoms with Crippen molar-refractivity contribution in [3.8, 4) is 0 Å². The summed E-state index contributed by atoms with van der Waals surface area (Å²) < 4.78 is 27.2. The number of piperazine rings is 1. The number of hydrogen-bond acceptors (Lipinski definition) is 5. The van der Waals surface area contributed by atoms with Gasteiger partial charge < -0.3 is 5.32 Å². The number of para-hydroxylation sites is 1. The van der Waals surface area contributed by atoms with E-state index in [2.05, 4.69) is 10.2 Å². The van der Waals surface area contributed by atoms with E-state index in [1.165, 1.54) is 11.3 Å². The van der Waals surface area contributed by atoms with E-state index in [0.29, 0.717) is 36.0 Å². The van der Waals surface area contributed by atoms with Crippen molar-refractivity contribution in [3.63, 3.8) is 0 Å². The third kappa shape index (κ3) is 4.79. The molecule has 30 heavy (non-hydrogen) atoms. The molecule has 0 aliphatic carbocycles. The fourth-order valence-corrected chi connectivity index (χ4v) is 5.98. The highest BCUT2D eigenvalue weighted by Gasteiger charge is 2.29. The summed E-state index contributed by atoms with van der Waals surface area (Å²) in [5, 5.41) is 4.66. The lowest BCUT2D eigenvalue weighted by molar-refractivity contribution is 0.102. The molecule has 1 aromatic heterocycles. The summed E-state index contributed by atoms with van der Waals surface area (Å²) in [4.78, 5) is 14.6. The Kier molecular flexibility index (Phi) is 6.29. The number of hydrogen-bond donors (Lipinski definition) is 1. The highest BCUT2D eigenvalue weighted by Crippen LogP contribution is 2.22. The Hall–Kier alpha value is -2.52. The van der Waals surface area contributed by atoms with Gasteiger partial charge in [-0.05, 0) is 41.3 Å². The number of rotatable bonds is 6. The van der Waals surface area contributed by atoms with Crippen LogP contribution in [0.1, 0.15) is 15.9 Å². The number of carbonyl (C=O) groups is 1. The average Bonchev–Trinajstić information content (AvgIpc) is 3.31. The van der Waals surface area contributed by atoms with Crippen molar-refractivity contribution in [2.45, 2.75) is 10.8 Å². The molecule has 1 aliphatic rings. The maximum Gasteiger partial charge on any atom is 0.255 e. The monoisotopic (exact) mass is 441 g/mol. The van der Waals surface area contributed by atoms with Crippen LogP contribution in [0, 0.1) is 0 Å².